The van der Waals surface area contributed by atoms with Gasteiger partial charge in [0.2, 0.25) is 0 Å². The van der Waals surface area contributed by atoms with Crippen molar-refractivity contribution < 1.29 is 0 Å². The first-order chi connectivity index (χ1) is 8.65. The average Bonchev–Trinajstić information content (AvgIpc) is 2.86. The average molecular weight is 281 g/mol. The number of thiocarbonyl (C=S) groups is 1. The van der Waals surface area contributed by atoms with Crippen LogP contribution in [-0.2, 0) is 0 Å². The Morgan fingerprint density at radius 2 is 2.22 bits per heavy atom. The molecule has 1 aromatic heterocycles. The zero-order valence-electron chi connectivity index (χ0n) is 10.6. The lowest BCUT2D eigenvalue weighted by atomic mass is 10.1. The molecule has 0 amide bonds. The number of hydrogen-bond donors (Lipinski definition) is 2. The Morgan fingerprint density at radius 3 is 2.72 bits per heavy atom. The monoisotopic (exact) mass is 281 g/mol. The topological polar surface area (TPSA) is 50.9 Å². The van der Waals surface area contributed by atoms with Gasteiger partial charge in [0, 0.05) is 11.3 Å². The van der Waals surface area contributed by atoms with Gasteiger partial charge in [-0.2, -0.15) is 11.8 Å². The summed E-state index contributed by atoms with van der Waals surface area (Å²) in [6.07, 6.45) is 9.32. The van der Waals surface area contributed by atoms with Crippen LogP contribution in [0.2, 0.25) is 0 Å². The van der Waals surface area contributed by atoms with Crippen molar-refractivity contribution in [1.29, 1.82) is 0 Å². The Hall–Kier alpha value is -0.810. The molecule has 1 aromatic rings. The molecule has 2 rings (SSSR count). The number of anilines is 1. The molecule has 0 aliphatic heterocycles. The Balaban J connectivity index is 1.95. The smallest absolute Gasteiger partial charge is 0.122 e. The Morgan fingerprint density at radius 1 is 1.50 bits per heavy atom. The zero-order chi connectivity index (χ0) is 13.0. The Labute approximate surface area is 118 Å². The number of thioether (sulfide) groups is 1. The SMILES string of the molecule is CSC1(CNc2ccc(C(N)=S)nc2)CCCC1. The first-order valence-corrected chi connectivity index (χ1v) is 7.83. The second-order valence-corrected chi connectivity index (χ2v) is 6.46. The van der Waals surface area contributed by atoms with Crippen molar-refractivity contribution in [1.82, 2.24) is 4.98 Å². The normalized spacial score (nSPS) is 17.6. The van der Waals surface area contributed by atoms with Crippen LogP contribution in [0, 0.1) is 0 Å². The van der Waals surface area contributed by atoms with Crippen LogP contribution in [0.1, 0.15) is 31.4 Å². The molecule has 3 N–H and O–H groups in total. The molecule has 18 heavy (non-hydrogen) atoms. The summed E-state index contributed by atoms with van der Waals surface area (Å²) in [4.78, 5) is 4.58. The summed E-state index contributed by atoms with van der Waals surface area (Å²) in [7, 11) is 0. The maximum atomic E-state index is 5.53. The molecule has 98 valence electrons. The zero-order valence-corrected chi connectivity index (χ0v) is 12.2. The van der Waals surface area contributed by atoms with Crippen molar-refractivity contribution in [2.45, 2.75) is 30.4 Å². The van der Waals surface area contributed by atoms with Crippen LogP contribution in [0.5, 0.6) is 0 Å². The minimum atomic E-state index is 0.345. The summed E-state index contributed by atoms with van der Waals surface area (Å²) < 4.78 is 0.405. The molecule has 0 bridgehead atoms. The summed E-state index contributed by atoms with van der Waals surface area (Å²) >= 11 is 6.87. The highest BCUT2D eigenvalue weighted by molar-refractivity contribution is 8.00. The van der Waals surface area contributed by atoms with Crippen LogP contribution in [0.25, 0.3) is 0 Å². The van der Waals surface area contributed by atoms with Gasteiger partial charge in [-0.15, -0.1) is 0 Å². The maximum Gasteiger partial charge on any atom is 0.122 e. The van der Waals surface area contributed by atoms with Crippen LogP contribution in [0.3, 0.4) is 0 Å². The van der Waals surface area contributed by atoms with E-state index in [1.54, 1.807) is 6.20 Å². The van der Waals surface area contributed by atoms with E-state index in [1.165, 1.54) is 25.7 Å². The van der Waals surface area contributed by atoms with E-state index in [4.69, 9.17) is 18.0 Å². The fourth-order valence-electron chi connectivity index (χ4n) is 2.38. The summed E-state index contributed by atoms with van der Waals surface area (Å²) in [6.45, 7) is 1.00. The van der Waals surface area contributed by atoms with Crippen LogP contribution >= 0.6 is 24.0 Å². The van der Waals surface area contributed by atoms with E-state index in [1.807, 2.05) is 23.9 Å². The fourth-order valence-corrected chi connectivity index (χ4v) is 3.41. The van der Waals surface area contributed by atoms with Crippen molar-refractivity contribution >= 4 is 34.7 Å². The molecule has 1 aliphatic rings. The van der Waals surface area contributed by atoms with Crippen molar-refractivity contribution in [2.24, 2.45) is 5.73 Å². The van der Waals surface area contributed by atoms with Gasteiger partial charge in [-0.1, -0.05) is 25.1 Å². The van der Waals surface area contributed by atoms with E-state index in [2.05, 4.69) is 16.6 Å². The fraction of sp³-hybridized carbons (Fsp3) is 0.538. The van der Waals surface area contributed by atoms with E-state index in [0.29, 0.717) is 15.4 Å². The molecular formula is C13H19N3S2. The second-order valence-electron chi connectivity index (χ2n) is 4.74. The molecular weight excluding hydrogens is 262 g/mol. The molecule has 1 heterocycles. The Kier molecular flexibility index (Phi) is 4.45. The lowest BCUT2D eigenvalue weighted by molar-refractivity contribution is 0.640. The summed E-state index contributed by atoms with van der Waals surface area (Å²) in [5.41, 5.74) is 7.24. The predicted octanol–water partition coefficient (Wildman–Crippen LogP) is 2.80. The summed E-state index contributed by atoms with van der Waals surface area (Å²) in [5, 5.41) is 3.48. The van der Waals surface area contributed by atoms with Gasteiger partial charge in [0.1, 0.15) is 4.99 Å². The van der Waals surface area contributed by atoms with E-state index < -0.39 is 0 Å². The molecule has 0 unspecified atom stereocenters. The third kappa shape index (κ3) is 3.14. The molecule has 1 saturated carbocycles. The summed E-state index contributed by atoms with van der Waals surface area (Å²) in [5.74, 6) is 0. The lowest BCUT2D eigenvalue weighted by Gasteiger charge is -2.27. The second kappa shape index (κ2) is 5.89. The van der Waals surface area contributed by atoms with Gasteiger partial charge in [0.25, 0.3) is 0 Å². The number of aromatic nitrogens is 1. The van der Waals surface area contributed by atoms with Gasteiger partial charge in [0.15, 0.2) is 0 Å². The van der Waals surface area contributed by atoms with Gasteiger partial charge >= 0.3 is 0 Å². The highest BCUT2D eigenvalue weighted by Crippen LogP contribution is 2.40. The molecule has 0 aromatic carbocycles. The van der Waals surface area contributed by atoms with Gasteiger partial charge in [-0.25, -0.2) is 0 Å². The third-order valence-electron chi connectivity index (χ3n) is 3.58. The van der Waals surface area contributed by atoms with E-state index >= 15 is 0 Å². The molecule has 0 atom stereocenters. The van der Waals surface area contributed by atoms with Crippen LogP contribution < -0.4 is 11.1 Å². The first-order valence-electron chi connectivity index (χ1n) is 6.20. The van der Waals surface area contributed by atoms with E-state index in [9.17, 15) is 0 Å². The van der Waals surface area contributed by atoms with Crippen LogP contribution in [0.4, 0.5) is 5.69 Å². The van der Waals surface area contributed by atoms with E-state index in [0.717, 1.165) is 12.2 Å². The highest BCUT2D eigenvalue weighted by Gasteiger charge is 2.32. The molecule has 0 spiro atoms. The number of hydrogen-bond acceptors (Lipinski definition) is 4. The number of pyridine rings is 1. The van der Waals surface area contributed by atoms with E-state index in [-0.39, 0.29) is 0 Å². The van der Waals surface area contributed by atoms with Crippen molar-refractivity contribution in [3.05, 3.63) is 24.0 Å². The lowest BCUT2D eigenvalue weighted by Crippen LogP contribution is -2.30. The molecule has 1 aliphatic carbocycles. The van der Waals surface area contributed by atoms with Crippen LogP contribution in [0.15, 0.2) is 18.3 Å². The van der Waals surface area contributed by atoms with Gasteiger partial charge in [0.05, 0.1) is 17.6 Å². The quantitative estimate of drug-likeness (QED) is 0.813. The molecule has 1 fully saturated rings. The Bertz CT molecular complexity index is 411. The van der Waals surface area contributed by atoms with Crippen molar-refractivity contribution in [2.75, 3.05) is 18.1 Å². The largest absolute Gasteiger partial charge is 0.388 e. The van der Waals surface area contributed by atoms with Gasteiger partial charge in [-0.05, 0) is 31.2 Å². The first kappa shape index (κ1) is 13.6. The van der Waals surface area contributed by atoms with Gasteiger partial charge < -0.3 is 11.1 Å². The predicted molar refractivity (Wildman–Crippen MR) is 83.3 cm³/mol. The standard InChI is InChI=1S/C13H19N3S2/c1-18-13(6-2-3-7-13)9-16-10-4-5-11(12(14)17)15-8-10/h4-5,8,16H,2-3,6-7,9H2,1H3,(H2,14,17). The third-order valence-corrected chi connectivity index (χ3v) is 5.21. The molecule has 3 nitrogen and oxygen atoms in total. The minimum absolute atomic E-state index is 0.345. The highest BCUT2D eigenvalue weighted by atomic mass is 32.2. The van der Waals surface area contributed by atoms with Crippen LogP contribution in [-0.4, -0.2) is 27.5 Å². The number of nitrogens with one attached hydrogen (secondary N) is 1. The molecule has 0 saturated heterocycles. The maximum absolute atomic E-state index is 5.53. The minimum Gasteiger partial charge on any atom is -0.388 e. The van der Waals surface area contributed by atoms with Crippen molar-refractivity contribution in [3.63, 3.8) is 0 Å². The molecule has 5 heteroatoms. The summed E-state index contributed by atoms with van der Waals surface area (Å²) in [6, 6.07) is 3.86. The van der Waals surface area contributed by atoms with Gasteiger partial charge in [-0.3, -0.25) is 4.98 Å². The molecule has 0 radical (unpaired) electrons. The van der Waals surface area contributed by atoms with Crippen molar-refractivity contribution in [3.8, 4) is 0 Å². The number of rotatable bonds is 5. The number of nitrogens with zero attached hydrogens (tertiary/aromatic N) is 1. The number of nitrogens with two attached hydrogens (primary N) is 1.